The molecule has 0 atom stereocenters. The number of ether oxygens (including phenoxy) is 4. The van der Waals surface area contributed by atoms with Crippen LogP contribution in [0, 0.1) is 6.92 Å². The van der Waals surface area contributed by atoms with Crippen molar-refractivity contribution in [3.05, 3.63) is 48.0 Å². The van der Waals surface area contributed by atoms with Gasteiger partial charge < -0.3 is 33.6 Å². The Bertz CT molecular complexity index is 1280. The van der Waals surface area contributed by atoms with E-state index in [1.54, 1.807) is 45.6 Å². The Labute approximate surface area is 185 Å². The lowest BCUT2D eigenvalue weighted by Crippen LogP contribution is -1.96. The van der Waals surface area contributed by atoms with Crippen molar-refractivity contribution in [2.75, 3.05) is 28.4 Å². The summed E-state index contributed by atoms with van der Waals surface area (Å²) in [6.45, 7) is 1.82. The molecule has 7 heteroatoms. The molecule has 0 saturated carbocycles. The van der Waals surface area contributed by atoms with Crippen LogP contribution in [0.25, 0.3) is 33.4 Å². The molecule has 1 aromatic heterocycles. The topological polar surface area (TPSA) is 90.5 Å². The van der Waals surface area contributed by atoms with E-state index in [9.17, 15) is 10.2 Å². The van der Waals surface area contributed by atoms with Gasteiger partial charge in [0.2, 0.25) is 5.75 Å². The predicted molar refractivity (Wildman–Crippen MR) is 121 cm³/mol. The molecule has 3 aromatic carbocycles. The molecule has 0 aliphatic carbocycles. The van der Waals surface area contributed by atoms with Gasteiger partial charge in [-0.3, -0.25) is 0 Å². The van der Waals surface area contributed by atoms with Crippen LogP contribution < -0.4 is 18.9 Å². The van der Waals surface area contributed by atoms with Gasteiger partial charge in [0.15, 0.2) is 23.0 Å². The van der Waals surface area contributed by atoms with Crippen LogP contribution in [-0.2, 0) is 0 Å². The zero-order chi connectivity index (χ0) is 23.0. The Hall–Kier alpha value is -4.00. The minimum Gasteiger partial charge on any atom is -0.508 e. The fourth-order valence-corrected chi connectivity index (χ4v) is 3.79. The second-order valence-electron chi connectivity index (χ2n) is 7.24. The molecule has 2 N–H and O–H groups in total. The minimum atomic E-state index is -0.0136. The summed E-state index contributed by atoms with van der Waals surface area (Å²) in [5, 5.41) is 21.4. The molecule has 166 valence electrons. The third kappa shape index (κ3) is 3.41. The normalized spacial score (nSPS) is 10.9. The highest BCUT2D eigenvalue weighted by Crippen LogP contribution is 2.48. The molecule has 0 aliphatic heterocycles. The molecular weight excluding hydrogens is 412 g/mol. The number of rotatable bonds is 6. The van der Waals surface area contributed by atoms with Crippen molar-refractivity contribution >= 4 is 11.0 Å². The smallest absolute Gasteiger partial charge is 0.203 e. The van der Waals surface area contributed by atoms with Gasteiger partial charge in [-0.15, -0.1) is 0 Å². The fraction of sp³-hybridized carbons (Fsp3) is 0.200. The molecule has 0 spiro atoms. The van der Waals surface area contributed by atoms with Crippen LogP contribution in [0.5, 0.6) is 34.5 Å². The molecule has 0 unspecified atom stereocenters. The number of hydrogen-bond donors (Lipinski definition) is 2. The van der Waals surface area contributed by atoms with Crippen molar-refractivity contribution < 1.29 is 33.6 Å². The lowest BCUT2D eigenvalue weighted by molar-refractivity contribution is 0.324. The van der Waals surface area contributed by atoms with Crippen LogP contribution in [0.3, 0.4) is 0 Å². The molecule has 0 radical (unpaired) electrons. The summed E-state index contributed by atoms with van der Waals surface area (Å²) in [5.41, 5.74) is 3.36. The summed E-state index contributed by atoms with van der Waals surface area (Å²) >= 11 is 0. The number of hydrogen-bond acceptors (Lipinski definition) is 7. The average Bonchev–Trinajstić information content (AvgIpc) is 3.16. The Morgan fingerprint density at radius 2 is 1.34 bits per heavy atom. The Morgan fingerprint density at radius 3 is 1.91 bits per heavy atom. The van der Waals surface area contributed by atoms with E-state index in [0.29, 0.717) is 45.5 Å². The summed E-state index contributed by atoms with van der Waals surface area (Å²) in [7, 11) is 6.14. The molecule has 1 heterocycles. The van der Waals surface area contributed by atoms with E-state index in [0.717, 1.165) is 16.5 Å². The summed E-state index contributed by atoms with van der Waals surface area (Å²) in [5.74, 6) is 2.45. The van der Waals surface area contributed by atoms with Crippen molar-refractivity contribution in [3.63, 3.8) is 0 Å². The number of phenolic OH excluding ortho intramolecular Hbond substituents is 2. The van der Waals surface area contributed by atoms with Gasteiger partial charge in [-0.05, 0) is 54.4 Å². The molecule has 0 saturated heterocycles. The van der Waals surface area contributed by atoms with Gasteiger partial charge in [0.25, 0.3) is 0 Å². The van der Waals surface area contributed by atoms with Crippen LogP contribution in [0.1, 0.15) is 5.56 Å². The fourth-order valence-electron chi connectivity index (χ4n) is 3.79. The number of phenols is 2. The summed E-state index contributed by atoms with van der Waals surface area (Å²) in [6, 6.07) is 12.1. The standard InChI is InChI=1S/C25H24O7/c1-13-8-16-20(12-17(13)26)32-24(14-6-7-19(28-2)18(27)9-14)23(16)15-10-21(29-3)25(31-5)22(11-15)30-4/h6-12,26-27H,1-5H3. The molecular formula is C25H24O7. The predicted octanol–water partition coefficient (Wildman–Crippen LogP) is 5.52. The van der Waals surface area contributed by atoms with Gasteiger partial charge in [-0.25, -0.2) is 0 Å². The largest absolute Gasteiger partial charge is 0.508 e. The van der Waals surface area contributed by atoms with Crippen molar-refractivity contribution in [3.8, 4) is 56.9 Å². The third-order valence-electron chi connectivity index (χ3n) is 5.40. The molecule has 4 rings (SSSR count). The quantitative estimate of drug-likeness (QED) is 0.411. The van der Waals surface area contributed by atoms with Gasteiger partial charge in [0.05, 0.1) is 28.4 Å². The van der Waals surface area contributed by atoms with Crippen molar-refractivity contribution in [1.29, 1.82) is 0 Å². The number of methoxy groups -OCH3 is 4. The van der Waals surface area contributed by atoms with Crippen LogP contribution in [0.2, 0.25) is 0 Å². The number of benzene rings is 3. The maximum Gasteiger partial charge on any atom is 0.203 e. The summed E-state index contributed by atoms with van der Waals surface area (Å²) < 4.78 is 27.9. The Kier molecular flexibility index (Phi) is 5.48. The monoisotopic (exact) mass is 436 g/mol. The average molecular weight is 436 g/mol. The number of furan rings is 1. The molecule has 4 aromatic rings. The number of aromatic hydroxyl groups is 2. The van der Waals surface area contributed by atoms with Gasteiger partial charge in [0, 0.05) is 22.6 Å². The maximum absolute atomic E-state index is 10.3. The first kappa shape index (κ1) is 21.2. The SMILES string of the molecule is COc1ccc(-c2oc3cc(O)c(C)cc3c2-c2cc(OC)c(OC)c(OC)c2)cc1O. The van der Waals surface area contributed by atoms with Gasteiger partial charge >= 0.3 is 0 Å². The van der Waals surface area contributed by atoms with Crippen LogP contribution in [0.15, 0.2) is 46.9 Å². The van der Waals surface area contributed by atoms with Crippen molar-refractivity contribution in [2.24, 2.45) is 0 Å². The zero-order valence-electron chi connectivity index (χ0n) is 18.5. The van der Waals surface area contributed by atoms with Crippen LogP contribution in [-0.4, -0.2) is 38.7 Å². The highest BCUT2D eigenvalue weighted by Gasteiger charge is 2.23. The van der Waals surface area contributed by atoms with E-state index < -0.39 is 0 Å². The van der Waals surface area contributed by atoms with E-state index in [2.05, 4.69) is 0 Å². The van der Waals surface area contributed by atoms with Gasteiger partial charge in [0.1, 0.15) is 17.1 Å². The summed E-state index contributed by atoms with van der Waals surface area (Å²) in [6.07, 6.45) is 0. The number of aryl methyl sites for hydroxylation is 1. The van der Waals surface area contributed by atoms with E-state index in [4.69, 9.17) is 23.4 Å². The minimum absolute atomic E-state index is 0.0136. The summed E-state index contributed by atoms with van der Waals surface area (Å²) in [4.78, 5) is 0. The molecule has 0 fully saturated rings. The second kappa shape index (κ2) is 8.26. The van der Waals surface area contributed by atoms with E-state index in [1.807, 2.05) is 25.1 Å². The van der Waals surface area contributed by atoms with Crippen LogP contribution >= 0.6 is 0 Å². The molecule has 7 nitrogen and oxygen atoms in total. The lowest BCUT2D eigenvalue weighted by Gasteiger charge is -2.15. The van der Waals surface area contributed by atoms with Crippen LogP contribution in [0.4, 0.5) is 0 Å². The highest BCUT2D eigenvalue weighted by molar-refractivity contribution is 6.03. The first-order chi connectivity index (χ1) is 15.4. The van der Waals surface area contributed by atoms with E-state index in [1.165, 1.54) is 7.11 Å². The number of fused-ring (bicyclic) bond motifs is 1. The lowest BCUT2D eigenvalue weighted by atomic mass is 9.96. The van der Waals surface area contributed by atoms with E-state index in [-0.39, 0.29) is 11.5 Å². The van der Waals surface area contributed by atoms with Gasteiger partial charge in [-0.1, -0.05) is 0 Å². The molecule has 0 aliphatic rings. The van der Waals surface area contributed by atoms with Crippen molar-refractivity contribution in [2.45, 2.75) is 6.92 Å². The second-order valence-corrected chi connectivity index (χ2v) is 7.24. The highest BCUT2D eigenvalue weighted by atomic mass is 16.5. The maximum atomic E-state index is 10.3. The first-order valence-corrected chi connectivity index (χ1v) is 9.85. The first-order valence-electron chi connectivity index (χ1n) is 9.85. The zero-order valence-corrected chi connectivity index (χ0v) is 18.5. The van der Waals surface area contributed by atoms with Gasteiger partial charge in [-0.2, -0.15) is 0 Å². The third-order valence-corrected chi connectivity index (χ3v) is 5.40. The van der Waals surface area contributed by atoms with E-state index >= 15 is 0 Å². The molecule has 0 bridgehead atoms. The van der Waals surface area contributed by atoms with Crippen molar-refractivity contribution in [1.82, 2.24) is 0 Å². The molecule has 32 heavy (non-hydrogen) atoms. The Morgan fingerprint density at radius 1 is 0.688 bits per heavy atom. The Balaban J connectivity index is 2.07. The molecule has 0 amide bonds.